The highest BCUT2D eigenvalue weighted by molar-refractivity contribution is 7.92. The number of urea groups is 1. The van der Waals surface area contributed by atoms with Gasteiger partial charge in [0, 0.05) is 11.1 Å². The molecule has 4 atom stereocenters. The molecule has 0 aromatic heterocycles. The zero-order chi connectivity index (χ0) is 38.7. The number of hydrogen-bond acceptors (Lipinski definition) is 7. The average molecular weight is 759 g/mol. The fraction of sp³-hybridized carbons (Fsp3) is 0.564. The molecule has 0 radical (unpaired) electrons. The Labute approximate surface area is 313 Å². The first-order chi connectivity index (χ1) is 24.5. The summed E-state index contributed by atoms with van der Waals surface area (Å²) in [5.41, 5.74) is 3.16. The van der Waals surface area contributed by atoms with Crippen LogP contribution in [0.15, 0.2) is 60.7 Å². The molecule has 13 heteroatoms. The van der Waals surface area contributed by atoms with Crippen molar-refractivity contribution in [3.05, 3.63) is 66.2 Å². The monoisotopic (exact) mass is 758 g/mol. The van der Waals surface area contributed by atoms with Gasteiger partial charge in [-0.25, -0.2) is 13.2 Å². The van der Waals surface area contributed by atoms with Crippen LogP contribution in [0.5, 0.6) is 0 Å². The molecule has 1 fully saturated rings. The largest absolute Gasteiger partial charge is 0.368 e. The van der Waals surface area contributed by atoms with Crippen LogP contribution in [0, 0.1) is 11.3 Å². The quantitative estimate of drug-likeness (QED) is 0.0636. The van der Waals surface area contributed by atoms with E-state index in [1.807, 2.05) is 6.07 Å². The SMILES string of the molecule is CCCCCCCC(CCCCS(=O)(=O)C(C)C(Cl)C(N)=O)C(C(=O)Nc1ccccc1)(C(=O)C(C)(C)C)N1CC(=O)N(Cc2ccccc2)C1=O. The van der Waals surface area contributed by atoms with Gasteiger partial charge in [0.05, 0.1) is 17.5 Å². The first-order valence-corrected chi connectivity index (χ1v) is 20.4. The third kappa shape index (κ3) is 10.4. The number of nitrogens with zero attached hydrogens (tertiary/aromatic N) is 2. The van der Waals surface area contributed by atoms with Crippen molar-refractivity contribution in [3.8, 4) is 0 Å². The number of alkyl halides is 1. The van der Waals surface area contributed by atoms with Crippen molar-refractivity contribution in [2.75, 3.05) is 17.6 Å². The van der Waals surface area contributed by atoms with E-state index in [4.69, 9.17) is 17.3 Å². The summed E-state index contributed by atoms with van der Waals surface area (Å²) in [6, 6.07) is 16.9. The van der Waals surface area contributed by atoms with Gasteiger partial charge in [0.25, 0.3) is 11.8 Å². The van der Waals surface area contributed by atoms with Crippen molar-refractivity contribution in [1.82, 2.24) is 9.80 Å². The summed E-state index contributed by atoms with van der Waals surface area (Å²) >= 11 is 6.00. The van der Waals surface area contributed by atoms with Crippen LogP contribution in [-0.4, -0.2) is 76.2 Å². The fourth-order valence-corrected chi connectivity index (χ4v) is 8.79. The molecule has 4 unspecified atom stereocenters. The zero-order valence-electron chi connectivity index (χ0n) is 31.1. The number of imide groups is 1. The molecule has 1 saturated heterocycles. The highest BCUT2D eigenvalue weighted by Crippen LogP contribution is 2.42. The number of carbonyl (C=O) groups excluding carboxylic acids is 5. The number of primary amides is 1. The predicted molar refractivity (Wildman–Crippen MR) is 204 cm³/mol. The van der Waals surface area contributed by atoms with E-state index in [2.05, 4.69) is 12.2 Å². The molecular formula is C39H55ClN4O7S. The second kappa shape index (κ2) is 18.8. The van der Waals surface area contributed by atoms with Crippen LogP contribution in [0.4, 0.5) is 10.5 Å². The number of ketones is 1. The molecular weight excluding hydrogens is 704 g/mol. The maximum Gasteiger partial charge on any atom is 0.328 e. The maximum absolute atomic E-state index is 15.1. The van der Waals surface area contributed by atoms with Crippen LogP contribution in [0.2, 0.25) is 0 Å². The number of hydrogen-bond donors (Lipinski definition) is 2. The fourth-order valence-electron chi connectivity index (χ4n) is 6.85. The lowest BCUT2D eigenvalue weighted by atomic mass is 9.66. The molecule has 52 heavy (non-hydrogen) atoms. The zero-order valence-corrected chi connectivity index (χ0v) is 32.7. The molecule has 3 N–H and O–H groups in total. The molecule has 1 aliphatic rings. The van der Waals surface area contributed by atoms with Crippen molar-refractivity contribution in [3.63, 3.8) is 0 Å². The van der Waals surface area contributed by atoms with Gasteiger partial charge in [0.2, 0.25) is 5.91 Å². The van der Waals surface area contributed by atoms with E-state index in [9.17, 15) is 22.8 Å². The number of rotatable bonds is 21. The van der Waals surface area contributed by atoms with E-state index >= 15 is 9.59 Å². The van der Waals surface area contributed by atoms with Gasteiger partial charge in [-0.2, -0.15) is 0 Å². The number of benzene rings is 2. The van der Waals surface area contributed by atoms with E-state index in [1.54, 1.807) is 75.4 Å². The Morgan fingerprint density at radius 3 is 2.00 bits per heavy atom. The second-order valence-electron chi connectivity index (χ2n) is 14.8. The van der Waals surface area contributed by atoms with Gasteiger partial charge in [-0.05, 0) is 49.8 Å². The summed E-state index contributed by atoms with van der Waals surface area (Å²) in [7, 11) is -3.83. The number of para-hydroxylation sites is 1. The van der Waals surface area contributed by atoms with Gasteiger partial charge in [0.15, 0.2) is 21.2 Å². The van der Waals surface area contributed by atoms with Crippen molar-refractivity contribution >= 4 is 56.7 Å². The van der Waals surface area contributed by atoms with Crippen molar-refractivity contribution in [2.24, 2.45) is 17.1 Å². The lowest BCUT2D eigenvalue weighted by molar-refractivity contribution is -0.150. The maximum atomic E-state index is 15.1. The smallest absolute Gasteiger partial charge is 0.328 e. The Balaban J connectivity index is 2.13. The average Bonchev–Trinajstić information content (AvgIpc) is 3.38. The predicted octanol–water partition coefficient (Wildman–Crippen LogP) is 6.49. The Morgan fingerprint density at radius 1 is 0.885 bits per heavy atom. The van der Waals surface area contributed by atoms with Gasteiger partial charge in [-0.1, -0.05) is 115 Å². The van der Waals surface area contributed by atoms with Crippen LogP contribution in [-0.2, 0) is 35.6 Å². The number of unbranched alkanes of at least 4 members (excludes halogenated alkanes) is 5. The van der Waals surface area contributed by atoms with Crippen molar-refractivity contribution < 1.29 is 32.4 Å². The van der Waals surface area contributed by atoms with Crippen LogP contribution >= 0.6 is 11.6 Å². The lowest BCUT2D eigenvalue weighted by Gasteiger charge is -2.46. The number of Topliss-reactive ketones (excluding diaryl/α,β-unsaturated/α-hetero) is 1. The number of amides is 5. The van der Waals surface area contributed by atoms with E-state index in [-0.39, 0.29) is 31.6 Å². The molecule has 2 aromatic rings. The topological polar surface area (TPSA) is 164 Å². The minimum atomic E-state index is -3.83. The highest BCUT2D eigenvalue weighted by atomic mass is 35.5. The Hall–Kier alpha value is -3.77. The van der Waals surface area contributed by atoms with Gasteiger partial charge >= 0.3 is 6.03 Å². The third-order valence-corrected chi connectivity index (χ3v) is 12.8. The summed E-state index contributed by atoms with van der Waals surface area (Å²) in [5, 5.41) is 0.322. The molecule has 0 bridgehead atoms. The molecule has 2 aromatic carbocycles. The number of nitrogens with one attached hydrogen (secondary N) is 1. The van der Waals surface area contributed by atoms with Crippen LogP contribution in [0.25, 0.3) is 0 Å². The number of carbonyl (C=O) groups is 5. The molecule has 0 saturated carbocycles. The van der Waals surface area contributed by atoms with Gasteiger partial charge in [-0.3, -0.25) is 29.0 Å². The number of halogens is 1. The molecule has 0 spiro atoms. The van der Waals surface area contributed by atoms with Crippen molar-refractivity contribution in [2.45, 2.75) is 115 Å². The molecule has 0 aliphatic carbocycles. The standard InChI is InChI=1S/C39H55ClN4O7S/c1-6-7-8-9-14-21-30(22-17-18-25-52(50,51)28(2)33(40)34(41)46)39(35(47)38(3,4)5,36(48)42-31-23-15-11-16-24-31)44-27-32(45)43(37(44)49)26-29-19-12-10-13-20-29/h10-13,15-16,19-20,23-24,28,30,33H,6-9,14,17-18,21-22,25-27H2,1-5H3,(H2,41,46)(H,42,48). The van der Waals surface area contributed by atoms with E-state index < -0.39 is 73.4 Å². The first-order valence-electron chi connectivity index (χ1n) is 18.2. The minimum Gasteiger partial charge on any atom is -0.368 e. The Morgan fingerprint density at radius 2 is 1.44 bits per heavy atom. The van der Waals surface area contributed by atoms with Crippen LogP contribution in [0.3, 0.4) is 0 Å². The summed E-state index contributed by atoms with van der Waals surface area (Å²) in [6.45, 7) is 8.02. The normalized spacial score (nSPS) is 16.7. The van der Waals surface area contributed by atoms with Crippen LogP contribution in [0.1, 0.15) is 98.0 Å². The van der Waals surface area contributed by atoms with Crippen molar-refractivity contribution in [1.29, 1.82) is 0 Å². The molecule has 11 nitrogen and oxygen atoms in total. The van der Waals surface area contributed by atoms with Crippen LogP contribution < -0.4 is 11.1 Å². The van der Waals surface area contributed by atoms with Gasteiger partial charge in [-0.15, -0.1) is 11.6 Å². The van der Waals surface area contributed by atoms with E-state index in [1.165, 1.54) is 11.8 Å². The van der Waals surface area contributed by atoms with Gasteiger partial charge in [0.1, 0.15) is 11.9 Å². The molecule has 3 rings (SSSR count). The summed E-state index contributed by atoms with van der Waals surface area (Å²) < 4.78 is 26.2. The minimum absolute atomic E-state index is 0.0281. The molecule has 1 heterocycles. The third-order valence-electron chi connectivity index (χ3n) is 9.80. The first kappa shape index (κ1) is 42.6. The Kier molecular flexibility index (Phi) is 15.4. The number of anilines is 1. The number of nitrogens with two attached hydrogens (primary N) is 1. The molecule has 286 valence electrons. The highest BCUT2D eigenvalue weighted by Gasteiger charge is 2.62. The lowest BCUT2D eigenvalue weighted by Crippen LogP contribution is -2.69. The summed E-state index contributed by atoms with van der Waals surface area (Å²) in [5.74, 6) is -3.75. The second-order valence-corrected chi connectivity index (χ2v) is 17.7. The molecule has 5 amide bonds. The number of sulfone groups is 1. The van der Waals surface area contributed by atoms with E-state index in [0.717, 1.165) is 30.6 Å². The molecule has 1 aliphatic heterocycles. The van der Waals surface area contributed by atoms with Gasteiger partial charge < -0.3 is 11.1 Å². The van der Waals surface area contributed by atoms with E-state index in [0.29, 0.717) is 24.1 Å². The summed E-state index contributed by atoms with van der Waals surface area (Å²) in [6.07, 6.45) is 5.45. The Bertz CT molecular complexity index is 1650. The summed E-state index contributed by atoms with van der Waals surface area (Å²) in [4.78, 5) is 72.2.